The van der Waals surface area contributed by atoms with E-state index in [0.29, 0.717) is 23.4 Å². The van der Waals surface area contributed by atoms with Crippen LogP contribution >= 0.6 is 11.6 Å². The lowest BCUT2D eigenvalue weighted by Crippen LogP contribution is -2.18. The molecule has 1 aliphatic rings. The summed E-state index contributed by atoms with van der Waals surface area (Å²) in [6, 6.07) is 6.16. The lowest BCUT2D eigenvalue weighted by Gasteiger charge is -2.12. The summed E-state index contributed by atoms with van der Waals surface area (Å²) in [5, 5.41) is 3.90. The van der Waals surface area contributed by atoms with E-state index in [1.54, 1.807) is 6.07 Å². The summed E-state index contributed by atoms with van der Waals surface area (Å²) in [4.78, 5) is 11.1. The number of rotatable bonds is 6. The first-order chi connectivity index (χ1) is 8.70. The van der Waals surface area contributed by atoms with Crippen LogP contribution in [0.5, 0.6) is 5.75 Å². The highest BCUT2D eigenvalue weighted by atomic mass is 35.5. The summed E-state index contributed by atoms with van der Waals surface area (Å²) in [5.41, 5.74) is 0.957. The SMILES string of the molecule is COC(=O)COc1c(Cl)cccc1CNC1CC1. The number of esters is 1. The zero-order valence-electron chi connectivity index (χ0n) is 10.2. The number of benzene rings is 1. The van der Waals surface area contributed by atoms with Gasteiger partial charge in [-0.15, -0.1) is 0 Å². The van der Waals surface area contributed by atoms with Crippen LogP contribution in [0.4, 0.5) is 0 Å². The molecule has 0 unspecified atom stereocenters. The molecule has 2 rings (SSSR count). The Hall–Kier alpha value is -1.26. The maximum absolute atomic E-state index is 11.1. The third-order valence-corrected chi connectivity index (χ3v) is 3.07. The molecule has 0 bridgehead atoms. The normalized spacial score (nSPS) is 14.3. The molecule has 1 saturated carbocycles. The second-order valence-corrected chi connectivity index (χ2v) is 4.66. The Morgan fingerprint density at radius 2 is 2.28 bits per heavy atom. The number of carbonyl (C=O) groups excluding carboxylic acids is 1. The summed E-state index contributed by atoms with van der Waals surface area (Å²) in [6.45, 7) is 0.568. The third-order valence-electron chi connectivity index (χ3n) is 2.77. The van der Waals surface area contributed by atoms with Gasteiger partial charge < -0.3 is 14.8 Å². The van der Waals surface area contributed by atoms with Crippen LogP contribution in [0.25, 0.3) is 0 Å². The van der Waals surface area contributed by atoms with E-state index in [0.717, 1.165) is 5.56 Å². The first kappa shape index (κ1) is 13.2. The first-order valence-electron chi connectivity index (χ1n) is 5.91. The minimum Gasteiger partial charge on any atom is -0.480 e. The molecule has 0 heterocycles. The van der Waals surface area contributed by atoms with Gasteiger partial charge in [0.1, 0.15) is 5.75 Å². The minimum absolute atomic E-state index is 0.128. The van der Waals surface area contributed by atoms with Crippen molar-refractivity contribution in [1.29, 1.82) is 0 Å². The molecule has 0 spiro atoms. The summed E-state index contributed by atoms with van der Waals surface area (Å²) < 4.78 is 9.96. The number of ether oxygens (including phenoxy) is 2. The highest BCUT2D eigenvalue weighted by Gasteiger charge is 2.21. The molecule has 5 heteroatoms. The Labute approximate surface area is 111 Å². The van der Waals surface area contributed by atoms with Crippen LogP contribution < -0.4 is 10.1 Å². The van der Waals surface area contributed by atoms with E-state index in [-0.39, 0.29) is 6.61 Å². The highest BCUT2D eigenvalue weighted by Crippen LogP contribution is 2.29. The van der Waals surface area contributed by atoms with Crippen molar-refractivity contribution >= 4 is 17.6 Å². The number of methoxy groups -OCH3 is 1. The summed E-state index contributed by atoms with van der Waals surface area (Å²) in [6.07, 6.45) is 2.44. The average Bonchev–Trinajstić information content (AvgIpc) is 3.18. The molecule has 1 aromatic carbocycles. The molecule has 1 aromatic rings. The molecule has 0 saturated heterocycles. The summed E-state index contributed by atoms with van der Waals surface area (Å²) >= 11 is 6.08. The van der Waals surface area contributed by atoms with Gasteiger partial charge in [0.05, 0.1) is 12.1 Å². The number of hydrogen-bond donors (Lipinski definition) is 1. The Kier molecular flexibility index (Phi) is 4.44. The molecule has 0 aromatic heterocycles. The smallest absolute Gasteiger partial charge is 0.343 e. The van der Waals surface area contributed by atoms with Crippen molar-refractivity contribution in [2.45, 2.75) is 25.4 Å². The van der Waals surface area contributed by atoms with Gasteiger partial charge in [-0.25, -0.2) is 4.79 Å². The van der Waals surface area contributed by atoms with Gasteiger partial charge in [0, 0.05) is 18.2 Å². The molecule has 0 aliphatic heterocycles. The van der Waals surface area contributed by atoms with Crippen LogP contribution in [0.2, 0.25) is 5.02 Å². The van der Waals surface area contributed by atoms with Crippen molar-refractivity contribution in [3.05, 3.63) is 28.8 Å². The molecule has 1 N–H and O–H groups in total. The summed E-state index contributed by atoms with van der Waals surface area (Å²) in [7, 11) is 1.33. The van der Waals surface area contributed by atoms with Crippen LogP contribution in [0, 0.1) is 0 Å². The number of hydrogen-bond acceptors (Lipinski definition) is 4. The topological polar surface area (TPSA) is 47.6 Å². The Morgan fingerprint density at radius 1 is 1.50 bits per heavy atom. The van der Waals surface area contributed by atoms with Crippen molar-refractivity contribution in [2.75, 3.05) is 13.7 Å². The van der Waals surface area contributed by atoms with Gasteiger partial charge in [0.15, 0.2) is 6.61 Å². The quantitative estimate of drug-likeness (QED) is 0.804. The van der Waals surface area contributed by atoms with Crippen LogP contribution in [-0.2, 0) is 16.1 Å². The van der Waals surface area contributed by atoms with Gasteiger partial charge in [0.25, 0.3) is 0 Å². The van der Waals surface area contributed by atoms with Crippen LogP contribution in [-0.4, -0.2) is 25.7 Å². The molecule has 0 amide bonds. The lowest BCUT2D eigenvalue weighted by molar-refractivity contribution is -0.142. The Morgan fingerprint density at radius 3 is 2.94 bits per heavy atom. The molecule has 1 fully saturated rings. The van der Waals surface area contributed by atoms with E-state index in [9.17, 15) is 4.79 Å². The van der Waals surface area contributed by atoms with Crippen molar-refractivity contribution < 1.29 is 14.3 Å². The fourth-order valence-electron chi connectivity index (χ4n) is 1.59. The number of carbonyl (C=O) groups is 1. The predicted octanol–water partition coefficient (Wildman–Crippen LogP) is 2.14. The molecule has 1 aliphatic carbocycles. The van der Waals surface area contributed by atoms with Crippen LogP contribution in [0.1, 0.15) is 18.4 Å². The summed E-state index contributed by atoms with van der Waals surface area (Å²) in [5.74, 6) is 0.133. The van der Waals surface area contributed by atoms with Gasteiger partial charge in [-0.3, -0.25) is 0 Å². The van der Waals surface area contributed by atoms with E-state index >= 15 is 0 Å². The van der Waals surface area contributed by atoms with Crippen molar-refractivity contribution in [2.24, 2.45) is 0 Å². The maximum Gasteiger partial charge on any atom is 0.343 e. The van der Waals surface area contributed by atoms with Gasteiger partial charge >= 0.3 is 5.97 Å². The van der Waals surface area contributed by atoms with Crippen LogP contribution in [0.3, 0.4) is 0 Å². The van der Waals surface area contributed by atoms with E-state index in [1.807, 2.05) is 12.1 Å². The predicted molar refractivity (Wildman–Crippen MR) is 68.8 cm³/mol. The minimum atomic E-state index is -0.420. The van der Waals surface area contributed by atoms with E-state index in [4.69, 9.17) is 16.3 Å². The Bertz CT molecular complexity index is 432. The van der Waals surface area contributed by atoms with Crippen molar-refractivity contribution in [1.82, 2.24) is 5.32 Å². The van der Waals surface area contributed by atoms with Gasteiger partial charge in [-0.05, 0) is 18.9 Å². The highest BCUT2D eigenvalue weighted by molar-refractivity contribution is 6.32. The number of halogens is 1. The maximum atomic E-state index is 11.1. The molecule has 18 heavy (non-hydrogen) atoms. The fourth-order valence-corrected chi connectivity index (χ4v) is 1.83. The average molecular weight is 270 g/mol. The van der Waals surface area contributed by atoms with Crippen molar-refractivity contribution in [3.63, 3.8) is 0 Å². The largest absolute Gasteiger partial charge is 0.480 e. The zero-order chi connectivity index (χ0) is 13.0. The van der Waals surface area contributed by atoms with Gasteiger partial charge in [-0.1, -0.05) is 23.7 Å². The monoisotopic (exact) mass is 269 g/mol. The zero-order valence-corrected chi connectivity index (χ0v) is 11.0. The number of nitrogens with one attached hydrogen (secondary N) is 1. The Balaban J connectivity index is 2.02. The molecule has 0 radical (unpaired) electrons. The molecular formula is C13H16ClNO3. The third kappa shape index (κ3) is 3.62. The van der Waals surface area contributed by atoms with Gasteiger partial charge in [-0.2, -0.15) is 0 Å². The molecule has 4 nitrogen and oxygen atoms in total. The van der Waals surface area contributed by atoms with E-state index in [1.165, 1.54) is 20.0 Å². The van der Waals surface area contributed by atoms with Crippen LogP contribution in [0.15, 0.2) is 18.2 Å². The second-order valence-electron chi connectivity index (χ2n) is 4.25. The molecular weight excluding hydrogens is 254 g/mol. The second kappa shape index (κ2) is 6.07. The van der Waals surface area contributed by atoms with Crippen molar-refractivity contribution in [3.8, 4) is 5.75 Å². The fraction of sp³-hybridized carbons (Fsp3) is 0.462. The lowest BCUT2D eigenvalue weighted by atomic mass is 10.2. The molecule has 98 valence electrons. The molecule has 0 atom stereocenters. The first-order valence-corrected chi connectivity index (χ1v) is 6.29. The van der Waals surface area contributed by atoms with E-state index < -0.39 is 5.97 Å². The number of para-hydroxylation sites is 1. The van der Waals surface area contributed by atoms with E-state index in [2.05, 4.69) is 10.1 Å². The van der Waals surface area contributed by atoms with Gasteiger partial charge in [0.2, 0.25) is 0 Å². The standard InChI is InChI=1S/C13H16ClNO3/c1-17-12(16)8-18-13-9(3-2-4-11(13)14)7-15-10-5-6-10/h2-4,10,15H,5-8H2,1H3.